The van der Waals surface area contributed by atoms with E-state index in [-0.39, 0.29) is 35.7 Å². The van der Waals surface area contributed by atoms with E-state index in [2.05, 4.69) is 0 Å². The van der Waals surface area contributed by atoms with Crippen molar-refractivity contribution in [3.05, 3.63) is 64.2 Å². The van der Waals surface area contributed by atoms with Crippen LogP contribution >= 0.6 is 11.6 Å². The molecular formula is C25H29ClF2O3S. The molecule has 0 radical (unpaired) electrons. The summed E-state index contributed by atoms with van der Waals surface area (Å²) in [6.45, 7) is 2.12. The molecule has 2 aliphatic rings. The number of rotatable bonds is 7. The van der Waals surface area contributed by atoms with Crippen LogP contribution in [0.2, 0.25) is 5.02 Å². The first-order chi connectivity index (χ1) is 15.3. The molecule has 174 valence electrons. The van der Waals surface area contributed by atoms with Crippen LogP contribution in [0, 0.1) is 23.5 Å². The van der Waals surface area contributed by atoms with Gasteiger partial charge in [0.15, 0.2) is 11.6 Å². The van der Waals surface area contributed by atoms with Gasteiger partial charge in [0.1, 0.15) is 15.7 Å². The second-order valence-corrected chi connectivity index (χ2v) is 11.9. The van der Waals surface area contributed by atoms with Gasteiger partial charge in [0.2, 0.25) is 0 Å². The Hall–Kier alpha value is -1.66. The normalized spacial score (nSPS) is 25.0. The lowest BCUT2D eigenvalue weighted by Gasteiger charge is -2.52. The van der Waals surface area contributed by atoms with Gasteiger partial charge in [-0.15, -0.1) is 0 Å². The molecule has 2 aromatic rings. The predicted octanol–water partition coefficient (Wildman–Crippen LogP) is 6.12. The highest BCUT2D eigenvalue weighted by atomic mass is 35.5. The van der Waals surface area contributed by atoms with E-state index < -0.39 is 26.9 Å². The molecule has 32 heavy (non-hydrogen) atoms. The first-order valence-electron chi connectivity index (χ1n) is 11.3. The maximum atomic E-state index is 15.3. The Balaban J connectivity index is 1.75. The lowest BCUT2D eigenvalue weighted by molar-refractivity contribution is 0.0317. The van der Waals surface area contributed by atoms with Crippen LogP contribution in [0.4, 0.5) is 8.78 Å². The highest BCUT2D eigenvalue weighted by molar-refractivity contribution is 7.91. The molecule has 1 fully saturated rings. The summed E-state index contributed by atoms with van der Waals surface area (Å²) in [6.07, 6.45) is 4.05. The molecule has 1 heterocycles. The molecule has 4 rings (SSSR count). The summed E-state index contributed by atoms with van der Waals surface area (Å²) in [5.41, 5.74) is 0.658. The van der Waals surface area contributed by atoms with Crippen molar-refractivity contribution < 1.29 is 21.9 Å². The summed E-state index contributed by atoms with van der Waals surface area (Å²) in [5, 5.41) is 0.620. The topological polar surface area (TPSA) is 43.4 Å². The Bertz CT molecular complexity index is 1070. The fourth-order valence-electron chi connectivity index (χ4n) is 5.80. The zero-order chi connectivity index (χ0) is 22.9. The van der Waals surface area contributed by atoms with Gasteiger partial charge in [0, 0.05) is 27.7 Å². The van der Waals surface area contributed by atoms with Crippen LogP contribution in [0.3, 0.4) is 0 Å². The van der Waals surface area contributed by atoms with Crippen molar-refractivity contribution in [3.8, 4) is 5.75 Å². The fourth-order valence-corrected chi connectivity index (χ4v) is 7.41. The van der Waals surface area contributed by atoms with Crippen LogP contribution in [0.5, 0.6) is 5.75 Å². The predicted molar refractivity (Wildman–Crippen MR) is 123 cm³/mol. The van der Waals surface area contributed by atoms with Crippen molar-refractivity contribution in [3.63, 3.8) is 0 Å². The Labute approximate surface area is 194 Å². The Morgan fingerprint density at radius 1 is 1.09 bits per heavy atom. The minimum absolute atomic E-state index is 0.00877. The molecule has 7 heteroatoms. The van der Waals surface area contributed by atoms with Gasteiger partial charge >= 0.3 is 0 Å². The molecule has 0 saturated heterocycles. The molecule has 0 N–H and O–H groups in total. The lowest BCUT2D eigenvalue weighted by atomic mass is 9.55. The fraction of sp³-hybridized carbons (Fsp3) is 0.520. The zero-order valence-electron chi connectivity index (χ0n) is 18.2. The van der Waals surface area contributed by atoms with E-state index >= 15 is 4.39 Å². The van der Waals surface area contributed by atoms with Gasteiger partial charge in [-0.25, -0.2) is 17.2 Å². The number of fused-ring (bicyclic) bond motifs is 3. The van der Waals surface area contributed by atoms with Gasteiger partial charge in [-0.1, -0.05) is 37.1 Å². The zero-order valence-corrected chi connectivity index (χ0v) is 19.8. The van der Waals surface area contributed by atoms with Crippen LogP contribution in [0.1, 0.15) is 50.2 Å². The molecule has 1 saturated carbocycles. The van der Waals surface area contributed by atoms with E-state index in [1.54, 1.807) is 0 Å². The number of sulfone groups is 1. The largest absolute Gasteiger partial charge is 0.490 e. The summed E-state index contributed by atoms with van der Waals surface area (Å²) < 4.78 is 60.5. The number of hydrogen-bond acceptors (Lipinski definition) is 3. The maximum Gasteiger partial charge on any atom is 0.165 e. The molecule has 0 amide bonds. The molecule has 3 atom stereocenters. The summed E-state index contributed by atoms with van der Waals surface area (Å²) in [7, 11) is -3.12. The standard InChI is InChI=1S/C25H29ClF2O3S/c1-2-13-32(29,30)14-11-18-4-3-12-25(15-17-5-7-19(26)8-6-17)20(18)16-31-24-22(28)10-9-21(27)23(24)25/h5-10,18,20H,2-4,11-16H2,1H3/t18-,20-,25-/m0/s1. The minimum Gasteiger partial charge on any atom is -0.490 e. The number of benzene rings is 2. The van der Waals surface area contributed by atoms with Gasteiger partial charge in [-0.05, 0) is 67.9 Å². The molecule has 3 nitrogen and oxygen atoms in total. The number of hydrogen-bond donors (Lipinski definition) is 0. The minimum atomic E-state index is -3.12. The summed E-state index contributed by atoms with van der Waals surface area (Å²) in [5.74, 6) is -0.723. The molecule has 0 aromatic heterocycles. The summed E-state index contributed by atoms with van der Waals surface area (Å²) in [6, 6.07) is 9.76. The van der Waals surface area contributed by atoms with Crippen molar-refractivity contribution in [2.45, 2.75) is 50.9 Å². The van der Waals surface area contributed by atoms with Gasteiger partial charge in [0.25, 0.3) is 0 Å². The molecular weight excluding hydrogens is 454 g/mol. The third kappa shape index (κ3) is 4.54. The third-order valence-corrected chi connectivity index (χ3v) is 9.33. The molecule has 0 bridgehead atoms. The van der Waals surface area contributed by atoms with E-state index in [9.17, 15) is 12.8 Å². The molecule has 0 spiro atoms. The monoisotopic (exact) mass is 482 g/mol. The second-order valence-electron chi connectivity index (χ2n) is 9.20. The highest BCUT2D eigenvalue weighted by Gasteiger charge is 2.52. The Morgan fingerprint density at radius 2 is 1.81 bits per heavy atom. The van der Waals surface area contributed by atoms with Crippen LogP contribution in [0.25, 0.3) is 0 Å². The summed E-state index contributed by atoms with van der Waals surface area (Å²) >= 11 is 6.06. The second kappa shape index (κ2) is 9.30. The average Bonchev–Trinajstić information content (AvgIpc) is 2.76. The van der Waals surface area contributed by atoms with Crippen LogP contribution < -0.4 is 4.74 Å². The van der Waals surface area contributed by atoms with E-state index in [0.717, 1.165) is 24.5 Å². The van der Waals surface area contributed by atoms with Crippen molar-refractivity contribution in [1.82, 2.24) is 0 Å². The maximum absolute atomic E-state index is 15.3. The van der Waals surface area contributed by atoms with Crippen LogP contribution in [0.15, 0.2) is 36.4 Å². The van der Waals surface area contributed by atoms with Gasteiger partial charge in [-0.3, -0.25) is 0 Å². The van der Waals surface area contributed by atoms with Crippen molar-refractivity contribution in [1.29, 1.82) is 0 Å². The van der Waals surface area contributed by atoms with E-state index in [1.165, 1.54) is 6.07 Å². The van der Waals surface area contributed by atoms with E-state index in [0.29, 0.717) is 36.3 Å². The molecule has 0 unspecified atom stereocenters. The van der Waals surface area contributed by atoms with Crippen molar-refractivity contribution in [2.24, 2.45) is 11.8 Å². The first kappa shape index (κ1) is 23.5. The van der Waals surface area contributed by atoms with Crippen LogP contribution in [-0.2, 0) is 21.7 Å². The van der Waals surface area contributed by atoms with E-state index in [1.807, 2.05) is 31.2 Å². The van der Waals surface area contributed by atoms with Crippen molar-refractivity contribution in [2.75, 3.05) is 18.1 Å². The van der Waals surface area contributed by atoms with Crippen LogP contribution in [-0.4, -0.2) is 26.5 Å². The Morgan fingerprint density at radius 3 is 2.53 bits per heavy atom. The molecule has 1 aliphatic carbocycles. The molecule has 1 aliphatic heterocycles. The Kier molecular flexibility index (Phi) is 6.83. The van der Waals surface area contributed by atoms with Gasteiger partial charge in [-0.2, -0.15) is 0 Å². The number of ether oxygens (including phenoxy) is 1. The smallest absolute Gasteiger partial charge is 0.165 e. The summed E-state index contributed by atoms with van der Waals surface area (Å²) in [4.78, 5) is 0. The molecule has 2 aromatic carbocycles. The lowest BCUT2D eigenvalue weighted by Crippen LogP contribution is -2.51. The highest BCUT2D eigenvalue weighted by Crippen LogP contribution is 2.55. The number of halogens is 3. The first-order valence-corrected chi connectivity index (χ1v) is 13.5. The van der Waals surface area contributed by atoms with Gasteiger partial charge < -0.3 is 4.74 Å². The van der Waals surface area contributed by atoms with Gasteiger partial charge in [0.05, 0.1) is 12.4 Å². The average molecular weight is 483 g/mol. The third-order valence-electron chi connectivity index (χ3n) is 7.19. The van der Waals surface area contributed by atoms with E-state index in [4.69, 9.17) is 16.3 Å². The SMILES string of the molecule is CCCS(=O)(=O)CC[C@@H]1CCC[C@@]2(Cc3ccc(Cl)cc3)c3c(F)ccc(F)c3OC[C@@H]12. The quantitative estimate of drug-likeness (QED) is 0.477. The van der Waals surface area contributed by atoms with Crippen molar-refractivity contribution >= 4 is 21.4 Å².